The van der Waals surface area contributed by atoms with Crippen LogP contribution in [0.4, 0.5) is 9.59 Å². The number of ether oxygens (including phenoxy) is 6. The molecule has 1 fully saturated rings. The molecule has 0 bridgehead atoms. The highest BCUT2D eigenvalue weighted by molar-refractivity contribution is 7.49. The van der Waals surface area contributed by atoms with E-state index in [4.69, 9.17) is 123 Å². The summed E-state index contributed by atoms with van der Waals surface area (Å²) in [5.41, 5.74) is -3.38. The Hall–Kier alpha value is -2.30. The van der Waals surface area contributed by atoms with E-state index >= 15 is 4.57 Å². The molecule has 0 radical (unpaired) electrons. The van der Waals surface area contributed by atoms with Crippen molar-refractivity contribution in [1.82, 2.24) is 5.32 Å². The zero-order valence-corrected chi connectivity index (χ0v) is 49.5. The van der Waals surface area contributed by atoms with Crippen LogP contribution in [0.25, 0.3) is 0 Å². The first kappa shape index (κ1) is 67.0. The smallest absolute Gasteiger partial charge is 0.462 e. The number of unbranched alkanes of at least 4 members (excludes halogenated alkanes) is 16. The molecule has 426 valence electrons. The zero-order chi connectivity index (χ0) is 55.3. The maximum absolute atomic E-state index is 15.1. The van der Waals surface area contributed by atoms with Gasteiger partial charge in [-0.15, -0.1) is 0 Å². The number of hydrogen-bond donors (Lipinski definition) is 1. The van der Waals surface area contributed by atoms with Crippen LogP contribution >= 0.6 is 89.0 Å². The molecule has 3 rings (SSSR count). The summed E-state index contributed by atoms with van der Waals surface area (Å²) in [6, 6.07) is 14.1. The molecule has 1 heterocycles. The van der Waals surface area contributed by atoms with E-state index in [1.807, 2.05) is 0 Å². The molecule has 1 aliphatic rings. The van der Waals surface area contributed by atoms with E-state index in [0.29, 0.717) is 19.3 Å². The fourth-order valence-corrected chi connectivity index (χ4v) is 9.80. The molecule has 0 aliphatic carbocycles. The zero-order valence-electron chi connectivity index (χ0n) is 43.3. The van der Waals surface area contributed by atoms with Crippen LogP contribution in [0.2, 0.25) is 0 Å². The fourth-order valence-electron chi connectivity index (χ4n) is 7.74. The van der Waals surface area contributed by atoms with Gasteiger partial charge in [-0.2, -0.15) is 0 Å². The summed E-state index contributed by atoms with van der Waals surface area (Å²) in [6.45, 7) is 5.47. The van der Waals surface area contributed by atoms with Crippen LogP contribution in [0.3, 0.4) is 0 Å². The predicted octanol–water partition coefficient (Wildman–Crippen LogP) is 16.4. The fraction of sp³-hybridized carbons (Fsp3) is 0.692. The Kier molecular flexibility index (Phi) is 31.6. The van der Waals surface area contributed by atoms with Crippen molar-refractivity contribution in [3.8, 4) is 11.5 Å². The van der Waals surface area contributed by atoms with Gasteiger partial charge in [-0.1, -0.05) is 234 Å². The molecule has 1 aliphatic heterocycles. The van der Waals surface area contributed by atoms with Crippen molar-refractivity contribution >= 4 is 113 Å². The van der Waals surface area contributed by atoms with Gasteiger partial charge in [0.15, 0.2) is 17.3 Å². The number of alkyl carbamates (subject to hydrolysis) is 1. The lowest BCUT2D eigenvalue weighted by Crippen LogP contribution is -2.65. The lowest BCUT2D eigenvalue weighted by atomic mass is 9.97. The second kappa shape index (κ2) is 35.3. The van der Waals surface area contributed by atoms with E-state index in [9.17, 15) is 19.2 Å². The second-order valence-corrected chi connectivity index (χ2v) is 25.5. The van der Waals surface area contributed by atoms with Gasteiger partial charge >= 0.3 is 32.0 Å². The number of benzene rings is 2. The number of halogens is 7. The number of para-hydroxylation sites is 2. The number of hydrogen-bond acceptors (Lipinski definition) is 14. The van der Waals surface area contributed by atoms with Crippen LogP contribution in [-0.4, -0.2) is 86.6 Å². The SMILES string of the molecule is CCCCCCCCCCCC(=O)O[C@H](CCCCCCCCCCC)CC(=O)O[C@@H]1[C@@H](NC(=O)OCC(Cl)(Cl)Cl)[C@H](Cl)O[C@H](COC(=O)OC(C)(C)C(Cl)(Cl)Cl)[C@H]1OP(=O)(Oc1ccccc1)Oc1ccccc1. The Morgan fingerprint density at radius 1 is 0.667 bits per heavy atom. The van der Waals surface area contributed by atoms with Crippen LogP contribution in [0.5, 0.6) is 11.5 Å². The van der Waals surface area contributed by atoms with E-state index in [0.717, 1.165) is 64.2 Å². The quantitative estimate of drug-likeness (QED) is 0.0226. The number of nitrogens with one attached hydrogen (secondary N) is 1. The number of alkyl halides is 7. The molecule has 75 heavy (non-hydrogen) atoms. The third-order valence-corrected chi connectivity index (χ3v) is 15.4. The molecule has 0 spiro atoms. The van der Waals surface area contributed by atoms with Crippen molar-refractivity contribution in [3.63, 3.8) is 0 Å². The van der Waals surface area contributed by atoms with Crippen molar-refractivity contribution in [2.24, 2.45) is 0 Å². The first-order valence-corrected chi connectivity index (χ1v) is 30.1. The number of phosphoric acid groups is 1. The van der Waals surface area contributed by atoms with Gasteiger partial charge in [-0.25, -0.2) is 14.2 Å². The Labute approximate surface area is 478 Å². The van der Waals surface area contributed by atoms with Crippen LogP contribution in [-0.2, 0) is 47.1 Å². The second-order valence-electron chi connectivity index (χ2n) is 18.9. The molecule has 6 atom stereocenters. The molecule has 0 saturated carbocycles. The first-order valence-electron chi connectivity index (χ1n) is 25.9. The summed E-state index contributed by atoms with van der Waals surface area (Å²) in [5.74, 6) is -1.37. The average molecular weight is 1220 g/mol. The van der Waals surface area contributed by atoms with E-state index in [1.54, 1.807) is 36.4 Å². The van der Waals surface area contributed by atoms with Crippen LogP contribution in [0, 0.1) is 0 Å². The molecular formula is C52H75Cl7NO14P. The highest BCUT2D eigenvalue weighted by Gasteiger charge is 2.54. The van der Waals surface area contributed by atoms with E-state index in [1.165, 1.54) is 76.6 Å². The number of rotatable bonds is 35. The van der Waals surface area contributed by atoms with E-state index < -0.39 is 101 Å². The summed E-state index contributed by atoms with van der Waals surface area (Å²) in [4.78, 5) is 54.5. The number of amides is 1. The lowest BCUT2D eigenvalue weighted by molar-refractivity contribution is -0.196. The minimum atomic E-state index is -4.98. The molecule has 1 saturated heterocycles. The lowest BCUT2D eigenvalue weighted by Gasteiger charge is -2.44. The van der Waals surface area contributed by atoms with Gasteiger partial charge in [-0.05, 0) is 57.4 Å². The Morgan fingerprint density at radius 2 is 1.16 bits per heavy atom. The highest BCUT2D eigenvalue weighted by atomic mass is 35.6. The van der Waals surface area contributed by atoms with Gasteiger partial charge < -0.3 is 42.8 Å². The maximum Gasteiger partial charge on any atom is 0.588 e. The topological polar surface area (TPSA) is 180 Å². The van der Waals surface area contributed by atoms with Crippen molar-refractivity contribution in [2.45, 2.75) is 212 Å². The molecule has 2 aromatic rings. The molecule has 0 aromatic heterocycles. The average Bonchev–Trinajstić information content (AvgIpc) is 3.33. The Morgan fingerprint density at radius 3 is 1.65 bits per heavy atom. The van der Waals surface area contributed by atoms with Gasteiger partial charge in [-0.3, -0.25) is 14.1 Å². The van der Waals surface area contributed by atoms with Gasteiger partial charge in [0.2, 0.25) is 7.59 Å². The van der Waals surface area contributed by atoms with Gasteiger partial charge in [0, 0.05) is 6.42 Å². The number of carbonyl (C=O) groups excluding carboxylic acids is 4. The van der Waals surface area contributed by atoms with Crippen molar-refractivity contribution in [1.29, 1.82) is 0 Å². The summed E-state index contributed by atoms with van der Waals surface area (Å²) in [6.07, 6.45) is 10.1. The van der Waals surface area contributed by atoms with Gasteiger partial charge in [0.05, 0.1) is 6.42 Å². The Bertz CT molecular complexity index is 1950. The van der Waals surface area contributed by atoms with Gasteiger partial charge in [0.25, 0.3) is 0 Å². The first-order chi connectivity index (χ1) is 35.5. The third kappa shape index (κ3) is 27.9. The molecule has 23 heteroatoms. The number of esters is 2. The van der Waals surface area contributed by atoms with Crippen molar-refractivity contribution in [2.75, 3.05) is 13.2 Å². The predicted molar refractivity (Wildman–Crippen MR) is 295 cm³/mol. The highest BCUT2D eigenvalue weighted by Crippen LogP contribution is 2.53. The molecule has 0 unspecified atom stereocenters. The minimum absolute atomic E-state index is 0.0242. The Balaban J connectivity index is 2.02. The molecule has 2 aromatic carbocycles. The molecular weight excluding hydrogens is 1140 g/mol. The third-order valence-electron chi connectivity index (χ3n) is 11.9. The van der Waals surface area contributed by atoms with Crippen LogP contribution in [0.1, 0.15) is 163 Å². The van der Waals surface area contributed by atoms with Crippen molar-refractivity contribution < 1.29 is 65.7 Å². The van der Waals surface area contributed by atoms with E-state index in [-0.39, 0.29) is 17.9 Å². The summed E-state index contributed by atoms with van der Waals surface area (Å²) in [7, 11) is -4.98. The summed E-state index contributed by atoms with van der Waals surface area (Å²) in [5, 5.41) is 2.47. The minimum Gasteiger partial charge on any atom is -0.462 e. The molecule has 1 amide bonds. The summed E-state index contributed by atoms with van der Waals surface area (Å²) >= 11 is 42.6. The maximum atomic E-state index is 15.1. The standard InChI is InChI=1S/C52H75Cl7NO14P/c1-5-7-9-11-13-15-17-19-23-33-40(68-42(61)34-28-20-18-16-14-12-10-8-6-2)35-43(62)70-46-44(60-48(63)67-37-51(54,55)56)47(53)69-41(36-66-49(64)71-50(3,4)52(57,58)59)45(46)74-75(65,72-38-29-24-21-25-30-38)73-39-31-26-22-27-32-39/h21-22,24-27,29-32,40-41,44-47H,5-20,23,28,33-37H2,1-4H3,(H,60,63)/t40-,41-,44-,45-,46-,47-/m1/s1. The number of phosphoric ester groups is 1. The van der Waals surface area contributed by atoms with Gasteiger partial charge in [0.1, 0.15) is 49.1 Å². The van der Waals surface area contributed by atoms with Crippen LogP contribution < -0.4 is 14.4 Å². The normalized spacial score (nSPS) is 18.6. The number of carbonyl (C=O) groups is 4. The van der Waals surface area contributed by atoms with E-state index in [2.05, 4.69) is 19.2 Å². The summed E-state index contributed by atoms with van der Waals surface area (Å²) < 4.78 is 63.3. The molecule has 1 N–H and O–H groups in total. The van der Waals surface area contributed by atoms with Crippen molar-refractivity contribution in [3.05, 3.63) is 60.7 Å². The monoisotopic (exact) mass is 1210 g/mol. The van der Waals surface area contributed by atoms with Crippen LogP contribution in [0.15, 0.2) is 60.7 Å². The largest absolute Gasteiger partial charge is 0.588 e. The molecule has 15 nitrogen and oxygen atoms in total.